The van der Waals surface area contributed by atoms with Crippen LogP contribution in [-0.2, 0) is 0 Å². The van der Waals surface area contributed by atoms with E-state index in [1.54, 1.807) is 12.1 Å². The Morgan fingerprint density at radius 3 is 1.91 bits per heavy atom. The third-order valence-corrected chi connectivity index (χ3v) is 3.00. The van der Waals surface area contributed by atoms with Crippen LogP contribution in [0.2, 0.25) is 0 Å². The summed E-state index contributed by atoms with van der Waals surface area (Å²) >= 11 is 0. The maximum absolute atomic E-state index is 10.1. The molecule has 2 aromatic carbocycles. The van der Waals surface area contributed by atoms with Crippen molar-refractivity contribution < 1.29 is 14.8 Å². The Hall–Kier alpha value is -2.53. The van der Waals surface area contributed by atoms with Gasteiger partial charge in [-0.2, -0.15) is 0 Å². The van der Waals surface area contributed by atoms with Crippen molar-refractivity contribution in [2.45, 2.75) is 20.0 Å². The third-order valence-electron chi connectivity index (χ3n) is 3.00. The van der Waals surface area contributed by atoms with E-state index in [1.165, 1.54) is 5.56 Å². The summed E-state index contributed by atoms with van der Waals surface area (Å²) in [5, 5.41) is 19.4. The van der Waals surface area contributed by atoms with Crippen LogP contribution in [0, 0.1) is 24.0 Å². The predicted molar refractivity (Wildman–Crippen MR) is 84.6 cm³/mol. The van der Waals surface area contributed by atoms with E-state index in [-0.39, 0.29) is 0 Å². The zero-order chi connectivity index (χ0) is 16.5. The second kappa shape index (κ2) is 8.69. The number of hydrogen-bond acceptors (Lipinski definition) is 4. The molecule has 0 aromatic heterocycles. The molecular weight excluding hydrogens is 282 g/mol. The minimum Gasteiger partial charge on any atom is -0.382 e. The van der Waals surface area contributed by atoms with Gasteiger partial charge in [0.2, 0.25) is 6.54 Å². The van der Waals surface area contributed by atoms with E-state index in [2.05, 4.69) is 0 Å². The van der Waals surface area contributed by atoms with Crippen LogP contribution in [0.15, 0.2) is 48.5 Å². The summed E-state index contributed by atoms with van der Waals surface area (Å²) in [6.07, 6.45) is -0.157. The normalized spacial score (nSPS) is 11.0. The highest BCUT2D eigenvalue weighted by molar-refractivity contribution is 5.74. The molecular formula is C17H19NO4. The lowest BCUT2D eigenvalue weighted by atomic mass is 10.1. The van der Waals surface area contributed by atoms with E-state index >= 15 is 0 Å². The van der Waals surface area contributed by atoms with Crippen LogP contribution in [0.25, 0.3) is 0 Å². The lowest BCUT2D eigenvalue weighted by Gasteiger charge is -2.05. The van der Waals surface area contributed by atoms with Gasteiger partial charge in [0.25, 0.3) is 0 Å². The van der Waals surface area contributed by atoms with E-state index < -0.39 is 17.6 Å². The van der Waals surface area contributed by atoms with Crippen molar-refractivity contribution in [1.82, 2.24) is 0 Å². The van der Waals surface area contributed by atoms with Crippen molar-refractivity contribution >= 4 is 6.29 Å². The quantitative estimate of drug-likeness (QED) is 0.534. The maximum Gasteiger partial charge on any atom is 0.233 e. The molecule has 0 aliphatic heterocycles. The van der Waals surface area contributed by atoms with Crippen molar-refractivity contribution in [3.8, 4) is 0 Å². The number of nitro groups is 1. The highest BCUT2D eigenvalue weighted by Crippen LogP contribution is 2.13. The summed E-state index contributed by atoms with van der Waals surface area (Å²) in [7, 11) is 0. The molecule has 116 valence electrons. The second-order valence-electron chi connectivity index (χ2n) is 4.97. The first-order valence-corrected chi connectivity index (χ1v) is 6.80. The molecule has 0 radical (unpaired) electrons. The molecule has 1 N–H and O–H groups in total. The van der Waals surface area contributed by atoms with Crippen molar-refractivity contribution in [3.05, 3.63) is 80.9 Å². The summed E-state index contributed by atoms with van der Waals surface area (Å²) in [5.74, 6) is 0. The minimum atomic E-state index is -1.00. The van der Waals surface area contributed by atoms with E-state index in [1.807, 2.05) is 50.2 Å². The first kappa shape index (κ1) is 17.5. The Morgan fingerprint density at radius 1 is 1.05 bits per heavy atom. The zero-order valence-corrected chi connectivity index (χ0v) is 12.6. The lowest BCUT2D eigenvalue weighted by Crippen LogP contribution is -2.11. The second-order valence-corrected chi connectivity index (χ2v) is 4.97. The minimum absolute atomic E-state index is 0.441. The first-order chi connectivity index (χ1) is 10.4. The molecule has 0 amide bonds. The largest absolute Gasteiger partial charge is 0.382 e. The molecule has 0 saturated carbocycles. The Labute approximate surface area is 129 Å². The van der Waals surface area contributed by atoms with Gasteiger partial charge in [-0.05, 0) is 19.4 Å². The molecule has 0 aliphatic rings. The van der Waals surface area contributed by atoms with Crippen molar-refractivity contribution in [3.63, 3.8) is 0 Å². The molecule has 2 aromatic rings. The number of nitrogens with zero attached hydrogens (tertiary/aromatic N) is 1. The van der Waals surface area contributed by atoms with Crippen molar-refractivity contribution in [2.75, 3.05) is 6.54 Å². The molecule has 0 aliphatic carbocycles. The van der Waals surface area contributed by atoms with Gasteiger partial charge in [0.1, 0.15) is 12.4 Å². The maximum atomic E-state index is 10.1. The highest BCUT2D eigenvalue weighted by atomic mass is 16.6. The van der Waals surface area contributed by atoms with Crippen LogP contribution in [0.3, 0.4) is 0 Å². The monoisotopic (exact) mass is 301 g/mol. The van der Waals surface area contributed by atoms with Gasteiger partial charge in [-0.1, -0.05) is 59.7 Å². The highest BCUT2D eigenvalue weighted by Gasteiger charge is 2.12. The van der Waals surface area contributed by atoms with Crippen LogP contribution in [-0.4, -0.2) is 22.9 Å². The number of carbonyl (C=O) groups is 1. The third kappa shape index (κ3) is 6.28. The van der Waals surface area contributed by atoms with Crippen molar-refractivity contribution in [2.24, 2.45) is 0 Å². The summed E-state index contributed by atoms with van der Waals surface area (Å²) in [4.78, 5) is 19.7. The molecule has 0 bridgehead atoms. The molecule has 1 unspecified atom stereocenters. The number of carbonyl (C=O) groups excluding carboxylic acids is 1. The number of aliphatic hydroxyl groups is 1. The van der Waals surface area contributed by atoms with E-state index in [0.717, 1.165) is 17.4 Å². The number of aryl methyl sites for hydroxylation is 2. The summed E-state index contributed by atoms with van der Waals surface area (Å²) in [6.45, 7) is 3.47. The lowest BCUT2D eigenvalue weighted by molar-refractivity contribution is -0.491. The number of aldehydes is 1. The number of benzene rings is 2. The number of rotatable bonds is 4. The van der Waals surface area contributed by atoms with Gasteiger partial charge in [0.05, 0.1) is 0 Å². The SMILES string of the molecule is Cc1ccc(C(O)C[N+](=O)[O-])cc1.Cc1ccc(C=O)cc1. The standard InChI is InChI=1S/C9H11NO3.C8H8O/c1-7-2-4-8(5-3-7)9(11)6-10(12)13;1-7-2-4-8(6-9)5-3-7/h2-5,9,11H,6H2,1H3;2-6H,1H3. The van der Waals surface area contributed by atoms with Crippen molar-refractivity contribution in [1.29, 1.82) is 0 Å². The molecule has 5 nitrogen and oxygen atoms in total. The topological polar surface area (TPSA) is 80.4 Å². The summed E-state index contributed by atoms with van der Waals surface area (Å²) < 4.78 is 0. The Balaban J connectivity index is 0.000000235. The molecule has 0 spiro atoms. The van der Waals surface area contributed by atoms with E-state index in [0.29, 0.717) is 5.56 Å². The van der Waals surface area contributed by atoms with Gasteiger partial charge >= 0.3 is 0 Å². The van der Waals surface area contributed by atoms with Gasteiger partial charge < -0.3 is 5.11 Å². The molecule has 2 rings (SSSR count). The molecule has 5 heteroatoms. The molecule has 0 heterocycles. The van der Waals surface area contributed by atoms with Gasteiger partial charge in [-0.3, -0.25) is 14.9 Å². The molecule has 22 heavy (non-hydrogen) atoms. The fraction of sp³-hybridized carbons (Fsp3) is 0.235. The zero-order valence-electron chi connectivity index (χ0n) is 12.6. The molecule has 1 atom stereocenters. The number of hydrogen-bond donors (Lipinski definition) is 1. The Bertz CT molecular complexity index is 606. The Morgan fingerprint density at radius 2 is 1.50 bits per heavy atom. The van der Waals surface area contributed by atoms with Crippen LogP contribution in [0.1, 0.15) is 33.2 Å². The fourth-order valence-corrected chi connectivity index (χ4v) is 1.68. The van der Waals surface area contributed by atoms with Crippen LogP contribution in [0.4, 0.5) is 0 Å². The number of aliphatic hydroxyl groups excluding tert-OH is 1. The summed E-state index contributed by atoms with van der Waals surface area (Å²) in [5.41, 5.74) is 3.57. The predicted octanol–water partition coefficient (Wildman–Crippen LogP) is 3.11. The first-order valence-electron chi connectivity index (χ1n) is 6.80. The van der Waals surface area contributed by atoms with Gasteiger partial charge in [0, 0.05) is 10.5 Å². The fourth-order valence-electron chi connectivity index (χ4n) is 1.68. The average molecular weight is 301 g/mol. The molecule has 0 saturated heterocycles. The summed E-state index contributed by atoms with van der Waals surface area (Å²) in [6, 6.07) is 14.5. The Kier molecular flexibility index (Phi) is 6.92. The average Bonchev–Trinajstić information content (AvgIpc) is 2.48. The van der Waals surface area contributed by atoms with Crippen LogP contribution >= 0.6 is 0 Å². The molecule has 0 fully saturated rings. The van der Waals surface area contributed by atoms with E-state index in [9.17, 15) is 20.0 Å². The van der Waals surface area contributed by atoms with Crippen LogP contribution < -0.4 is 0 Å². The smallest absolute Gasteiger partial charge is 0.233 e. The van der Waals surface area contributed by atoms with Gasteiger partial charge in [0.15, 0.2) is 0 Å². The van der Waals surface area contributed by atoms with Gasteiger partial charge in [-0.25, -0.2) is 0 Å². The van der Waals surface area contributed by atoms with Crippen LogP contribution in [0.5, 0.6) is 0 Å². The van der Waals surface area contributed by atoms with Gasteiger partial charge in [-0.15, -0.1) is 0 Å². The van der Waals surface area contributed by atoms with E-state index in [4.69, 9.17) is 0 Å².